The molecule has 3 aromatic rings. The molecule has 0 aliphatic carbocycles. The van der Waals surface area contributed by atoms with Crippen LogP contribution < -0.4 is 15.1 Å². The third-order valence-corrected chi connectivity index (χ3v) is 3.33. The zero-order chi connectivity index (χ0) is 16.6. The Morgan fingerprint density at radius 1 is 1.17 bits per heavy atom. The summed E-state index contributed by atoms with van der Waals surface area (Å²) in [7, 11) is 1.31. The molecule has 0 spiro atoms. The summed E-state index contributed by atoms with van der Waals surface area (Å²) in [6, 6.07) is 7.23. The predicted molar refractivity (Wildman–Crippen MR) is 77.8 cm³/mol. The van der Waals surface area contributed by atoms with Crippen LogP contribution in [0.4, 0.5) is 8.92 Å². The largest absolute Gasteiger partial charge is 0.504 e. The molecule has 0 bridgehead atoms. The van der Waals surface area contributed by atoms with Crippen LogP contribution in [0.25, 0.3) is 22.3 Å². The molecule has 23 heavy (non-hydrogen) atoms. The maximum Gasteiger partial charge on any atom is 0.207 e. The Kier molecular flexibility index (Phi) is 3.61. The van der Waals surface area contributed by atoms with Crippen LogP contribution in [0, 0.1) is 5.82 Å². The van der Waals surface area contributed by atoms with E-state index in [0.717, 1.165) is 12.1 Å². The number of hydrogen-bond donors (Lipinski definition) is 1. The molecule has 1 heterocycles. The first-order valence-corrected chi connectivity index (χ1v) is 6.47. The fourth-order valence-corrected chi connectivity index (χ4v) is 2.24. The van der Waals surface area contributed by atoms with Crippen LogP contribution >= 0.6 is 0 Å². The van der Waals surface area contributed by atoms with Crippen molar-refractivity contribution in [2.75, 3.05) is 7.11 Å². The molecule has 1 N–H and O–H groups in total. The number of rotatable bonds is 3. The summed E-state index contributed by atoms with van der Waals surface area (Å²) in [6.45, 7) is 0. The van der Waals surface area contributed by atoms with Crippen molar-refractivity contribution >= 4 is 11.0 Å². The second kappa shape index (κ2) is 5.60. The summed E-state index contributed by atoms with van der Waals surface area (Å²) in [4.78, 5) is 15.5. The van der Waals surface area contributed by atoms with Crippen molar-refractivity contribution in [3.63, 3.8) is 0 Å². The standard InChI is InChI=1S/C16H10F2O5/c1-21-16-11(19)4-3-9-12(20)7-14(22-15(9)16)8-2-5-13(23-18)10(17)6-8/h2-7,19H,1H3. The van der Waals surface area contributed by atoms with Gasteiger partial charge in [-0.1, -0.05) is 0 Å². The summed E-state index contributed by atoms with van der Waals surface area (Å²) in [5, 5.41) is 9.97. The molecule has 1 aromatic heterocycles. The molecule has 7 heteroatoms. The van der Waals surface area contributed by atoms with Crippen molar-refractivity contribution in [3.8, 4) is 28.6 Å². The summed E-state index contributed by atoms with van der Waals surface area (Å²) in [5.41, 5.74) is -0.167. The Bertz CT molecular complexity index is 949. The average Bonchev–Trinajstić information content (AvgIpc) is 2.54. The molecular weight excluding hydrogens is 310 g/mol. The van der Waals surface area contributed by atoms with Gasteiger partial charge in [-0.05, 0) is 30.3 Å². The van der Waals surface area contributed by atoms with E-state index in [1.165, 1.54) is 31.4 Å². The van der Waals surface area contributed by atoms with Gasteiger partial charge in [-0.15, -0.1) is 0 Å². The predicted octanol–water partition coefficient (Wildman–Crippen LogP) is 3.58. The number of hydrogen-bond acceptors (Lipinski definition) is 5. The molecule has 0 aliphatic rings. The minimum absolute atomic E-state index is 0.00867. The minimum atomic E-state index is -0.949. The number of phenols is 1. The van der Waals surface area contributed by atoms with Crippen molar-refractivity contribution < 1.29 is 28.1 Å². The van der Waals surface area contributed by atoms with Gasteiger partial charge in [0.15, 0.2) is 22.6 Å². The smallest absolute Gasteiger partial charge is 0.207 e. The van der Waals surface area contributed by atoms with E-state index in [-0.39, 0.29) is 33.8 Å². The summed E-state index contributed by atoms with van der Waals surface area (Å²) in [6.07, 6.45) is 0. The first kappa shape index (κ1) is 14.8. The van der Waals surface area contributed by atoms with E-state index in [9.17, 15) is 18.8 Å². The lowest BCUT2D eigenvalue weighted by Gasteiger charge is -2.08. The van der Waals surface area contributed by atoms with E-state index in [0.29, 0.717) is 0 Å². The molecule has 0 fully saturated rings. The van der Waals surface area contributed by atoms with Crippen molar-refractivity contribution in [2.24, 2.45) is 0 Å². The second-order valence-electron chi connectivity index (χ2n) is 4.69. The maximum absolute atomic E-state index is 13.6. The number of benzene rings is 2. The van der Waals surface area contributed by atoms with Gasteiger partial charge in [0.1, 0.15) is 5.76 Å². The number of fused-ring (bicyclic) bond motifs is 1. The van der Waals surface area contributed by atoms with Crippen molar-refractivity contribution in [2.45, 2.75) is 0 Å². The summed E-state index contributed by atoms with van der Waals surface area (Å²) in [5.74, 6) is -1.70. The Morgan fingerprint density at radius 2 is 1.96 bits per heavy atom. The Balaban J connectivity index is 2.27. The van der Waals surface area contributed by atoms with Gasteiger partial charge in [-0.3, -0.25) is 9.74 Å². The molecule has 5 nitrogen and oxygen atoms in total. The lowest BCUT2D eigenvalue weighted by atomic mass is 10.1. The van der Waals surface area contributed by atoms with E-state index in [1.807, 2.05) is 0 Å². The molecule has 3 rings (SSSR count). The van der Waals surface area contributed by atoms with Gasteiger partial charge in [-0.2, -0.15) is 0 Å². The lowest BCUT2D eigenvalue weighted by Crippen LogP contribution is -2.01. The number of phenolic OH excluding ortho intramolecular Hbond substituents is 1. The second-order valence-corrected chi connectivity index (χ2v) is 4.69. The van der Waals surface area contributed by atoms with Crippen LogP contribution in [0.3, 0.4) is 0 Å². The van der Waals surface area contributed by atoms with Gasteiger partial charge in [0.2, 0.25) is 11.5 Å². The monoisotopic (exact) mass is 320 g/mol. The zero-order valence-corrected chi connectivity index (χ0v) is 11.8. The molecule has 0 atom stereocenters. The van der Waals surface area contributed by atoms with E-state index in [4.69, 9.17) is 9.15 Å². The summed E-state index contributed by atoms with van der Waals surface area (Å²) >= 11 is 0. The van der Waals surface area contributed by atoms with Crippen molar-refractivity contribution in [1.29, 1.82) is 0 Å². The Labute approximate surface area is 128 Å². The minimum Gasteiger partial charge on any atom is -0.504 e. The molecule has 0 saturated heterocycles. The van der Waals surface area contributed by atoms with Crippen LogP contribution in [-0.2, 0) is 0 Å². The van der Waals surface area contributed by atoms with Crippen molar-refractivity contribution in [3.05, 3.63) is 52.4 Å². The highest BCUT2D eigenvalue weighted by molar-refractivity contribution is 5.86. The van der Waals surface area contributed by atoms with Gasteiger partial charge >= 0.3 is 0 Å². The highest BCUT2D eigenvalue weighted by Gasteiger charge is 2.15. The van der Waals surface area contributed by atoms with Gasteiger partial charge < -0.3 is 14.3 Å². The number of halogens is 2. The first-order chi connectivity index (χ1) is 11.0. The Hall–Kier alpha value is -3.09. The topological polar surface area (TPSA) is 68.9 Å². The molecule has 0 aliphatic heterocycles. The highest BCUT2D eigenvalue weighted by Crippen LogP contribution is 2.35. The molecule has 0 radical (unpaired) electrons. The number of aromatic hydroxyl groups is 1. The quantitative estimate of drug-likeness (QED) is 0.799. The highest BCUT2D eigenvalue weighted by atomic mass is 19.3. The third kappa shape index (κ3) is 2.46. The molecule has 0 amide bonds. The molecule has 118 valence electrons. The average molecular weight is 320 g/mol. The van der Waals surface area contributed by atoms with Gasteiger partial charge in [0.25, 0.3) is 0 Å². The van der Waals surface area contributed by atoms with Gasteiger partial charge in [0, 0.05) is 16.2 Å². The normalized spacial score (nSPS) is 10.7. The first-order valence-electron chi connectivity index (χ1n) is 6.47. The molecule has 0 saturated carbocycles. The maximum atomic E-state index is 13.6. The van der Waals surface area contributed by atoms with Crippen LogP contribution in [0.1, 0.15) is 0 Å². The van der Waals surface area contributed by atoms with Crippen LogP contribution in [0.5, 0.6) is 17.2 Å². The summed E-state index contributed by atoms with van der Waals surface area (Å²) < 4.78 is 36.3. The lowest BCUT2D eigenvalue weighted by molar-refractivity contribution is -0.0106. The molecular formula is C16H10F2O5. The zero-order valence-electron chi connectivity index (χ0n) is 11.8. The van der Waals surface area contributed by atoms with E-state index in [2.05, 4.69) is 4.94 Å². The third-order valence-electron chi connectivity index (χ3n) is 3.33. The fraction of sp³-hybridized carbons (Fsp3) is 0.0625. The number of methoxy groups -OCH3 is 1. The van der Waals surface area contributed by atoms with Crippen molar-refractivity contribution in [1.82, 2.24) is 0 Å². The van der Waals surface area contributed by atoms with Gasteiger partial charge in [0.05, 0.1) is 12.5 Å². The van der Waals surface area contributed by atoms with E-state index < -0.39 is 17.0 Å². The molecule has 2 aromatic carbocycles. The van der Waals surface area contributed by atoms with E-state index in [1.54, 1.807) is 0 Å². The molecule has 0 unspecified atom stereocenters. The van der Waals surface area contributed by atoms with Crippen LogP contribution in [0.15, 0.2) is 45.6 Å². The van der Waals surface area contributed by atoms with Gasteiger partial charge in [-0.25, -0.2) is 4.39 Å². The van der Waals surface area contributed by atoms with E-state index >= 15 is 0 Å². The van der Waals surface area contributed by atoms with Crippen LogP contribution in [0.2, 0.25) is 0 Å². The van der Waals surface area contributed by atoms with Crippen LogP contribution in [-0.4, -0.2) is 12.2 Å². The number of ether oxygens (including phenoxy) is 1. The SMILES string of the molecule is COc1c(O)ccc2c(=O)cc(-c3ccc(OF)c(F)c3)oc12. The Morgan fingerprint density at radius 3 is 2.61 bits per heavy atom. The fourth-order valence-electron chi connectivity index (χ4n) is 2.24.